The lowest BCUT2D eigenvalue weighted by atomic mass is 9.97. The van der Waals surface area contributed by atoms with Crippen molar-refractivity contribution in [1.82, 2.24) is 5.32 Å². The molecule has 0 unspecified atom stereocenters. The topological polar surface area (TPSA) is 38.3 Å². The number of ether oxygens (including phenoxy) is 1. The molecule has 1 saturated heterocycles. The van der Waals surface area contributed by atoms with Crippen molar-refractivity contribution in [2.75, 3.05) is 13.2 Å². The van der Waals surface area contributed by atoms with Gasteiger partial charge in [0.05, 0.1) is 5.41 Å². The summed E-state index contributed by atoms with van der Waals surface area (Å²) in [7, 11) is 0. The summed E-state index contributed by atoms with van der Waals surface area (Å²) in [5.41, 5.74) is -0.371. The van der Waals surface area contributed by atoms with E-state index in [4.69, 9.17) is 4.74 Å². The molecule has 0 aromatic rings. The minimum Gasteiger partial charge on any atom is -0.464 e. The molecule has 1 heterocycles. The van der Waals surface area contributed by atoms with Gasteiger partial charge in [-0.2, -0.15) is 0 Å². The highest BCUT2D eigenvalue weighted by atomic mass is 16.5. The first-order valence-electron chi connectivity index (χ1n) is 4.41. The number of carbonyl (C=O) groups is 1. The van der Waals surface area contributed by atoms with Crippen molar-refractivity contribution in [3.05, 3.63) is 0 Å². The maximum atomic E-state index is 11.3. The number of nitrogens with one attached hydrogen (secondary N) is 1. The third kappa shape index (κ3) is 2.48. The molecule has 0 amide bonds. The van der Waals surface area contributed by atoms with Crippen LogP contribution in [0.4, 0.5) is 0 Å². The first kappa shape index (κ1) is 9.52. The van der Waals surface area contributed by atoms with Gasteiger partial charge >= 0.3 is 5.97 Å². The van der Waals surface area contributed by atoms with Crippen molar-refractivity contribution in [3.63, 3.8) is 0 Å². The van der Waals surface area contributed by atoms with Crippen LogP contribution in [0.2, 0.25) is 0 Å². The van der Waals surface area contributed by atoms with Gasteiger partial charge in [0, 0.05) is 6.04 Å². The molecule has 12 heavy (non-hydrogen) atoms. The summed E-state index contributed by atoms with van der Waals surface area (Å²) in [5.74, 6) is -0.115. The van der Waals surface area contributed by atoms with Crippen molar-refractivity contribution in [2.45, 2.75) is 33.2 Å². The van der Waals surface area contributed by atoms with Crippen LogP contribution >= 0.6 is 0 Å². The third-order valence-electron chi connectivity index (χ3n) is 1.95. The molecular weight excluding hydrogens is 154 g/mol. The van der Waals surface area contributed by atoms with E-state index in [1.807, 2.05) is 20.8 Å². The van der Waals surface area contributed by atoms with Crippen LogP contribution in [0.5, 0.6) is 0 Å². The minimum atomic E-state index is -0.371. The Morgan fingerprint density at radius 3 is 2.50 bits per heavy atom. The van der Waals surface area contributed by atoms with Crippen LogP contribution in [0.3, 0.4) is 0 Å². The first-order chi connectivity index (χ1) is 5.50. The SMILES string of the molecule is CC(C)(C)C(=O)OC[C@H]1CCN1. The quantitative estimate of drug-likeness (QED) is 0.628. The van der Waals surface area contributed by atoms with E-state index in [1.54, 1.807) is 0 Å². The second kappa shape index (κ2) is 3.44. The minimum absolute atomic E-state index is 0.115. The lowest BCUT2D eigenvalue weighted by Crippen LogP contribution is -2.46. The molecule has 0 radical (unpaired) electrons. The average molecular weight is 171 g/mol. The van der Waals surface area contributed by atoms with E-state index in [2.05, 4.69) is 5.32 Å². The van der Waals surface area contributed by atoms with Crippen molar-refractivity contribution < 1.29 is 9.53 Å². The van der Waals surface area contributed by atoms with Crippen LogP contribution < -0.4 is 5.32 Å². The van der Waals surface area contributed by atoms with Crippen molar-refractivity contribution in [1.29, 1.82) is 0 Å². The number of hydrogen-bond donors (Lipinski definition) is 1. The third-order valence-corrected chi connectivity index (χ3v) is 1.95. The summed E-state index contributed by atoms with van der Waals surface area (Å²) in [6.45, 7) is 7.17. The number of carbonyl (C=O) groups excluding carboxylic acids is 1. The standard InChI is InChI=1S/C9H17NO2/c1-9(2,3)8(11)12-6-7-4-5-10-7/h7,10H,4-6H2,1-3H3/t7-/m1/s1. The Labute approximate surface area is 73.5 Å². The summed E-state index contributed by atoms with van der Waals surface area (Å²) >= 11 is 0. The van der Waals surface area contributed by atoms with Gasteiger partial charge in [-0.1, -0.05) is 0 Å². The number of esters is 1. The molecular formula is C9H17NO2. The Kier molecular flexibility index (Phi) is 2.73. The number of hydrogen-bond acceptors (Lipinski definition) is 3. The van der Waals surface area contributed by atoms with Crippen LogP contribution in [-0.4, -0.2) is 25.2 Å². The van der Waals surface area contributed by atoms with Gasteiger partial charge in [0.15, 0.2) is 0 Å². The molecule has 3 heteroatoms. The molecule has 0 saturated carbocycles. The van der Waals surface area contributed by atoms with E-state index >= 15 is 0 Å². The van der Waals surface area contributed by atoms with E-state index in [1.165, 1.54) is 0 Å². The molecule has 0 aromatic carbocycles. The van der Waals surface area contributed by atoms with E-state index in [9.17, 15) is 4.79 Å². The predicted molar refractivity (Wildman–Crippen MR) is 46.8 cm³/mol. The van der Waals surface area contributed by atoms with Gasteiger partial charge in [-0.15, -0.1) is 0 Å². The molecule has 70 valence electrons. The monoisotopic (exact) mass is 171 g/mol. The predicted octanol–water partition coefficient (Wildman–Crippen LogP) is 0.938. The van der Waals surface area contributed by atoms with Crippen LogP contribution in [0.15, 0.2) is 0 Å². The lowest BCUT2D eigenvalue weighted by molar-refractivity contribution is -0.154. The zero-order valence-electron chi connectivity index (χ0n) is 8.02. The largest absolute Gasteiger partial charge is 0.464 e. The van der Waals surface area contributed by atoms with E-state index in [0.717, 1.165) is 13.0 Å². The Morgan fingerprint density at radius 1 is 1.58 bits per heavy atom. The zero-order valence-corrected chi connectivity index (χ0v) is 8.02. The molecule has 1 N–H and O–H groups in total. The summed E-state index contributed by atoms with van der Waals surface area (Å²) in [6, 6.07) is 0.399. The lowest BCUT2D eigenvalue weighted by Gasteiger charge is -2.28. The summed E-state index contributed by atoms with van der Waals surface area (Å²) in [5, 5.41) is 3.18. The Balaban J connectivity index is 2.17. The van der Waals surface area contributed by atoms with Crippen LogP contribution in [-0.2, 0) is 9.53 Å². The Hall–Kier alpha value is -0.570. The Morgan fingerprint density at radius 2 is 2.17 bits per heavy atom. The van der Waals surface area contributed by atoms with E-state index < -0.39 is 0 Å². The van der Waals surface area contributed by atoms with Gasteiger partial charge in [0.25, 0.3) is 0 Å². The first-order valence-corrected chi connectivity index (χ1v) is 4.41. The summed E-state index contributed by atoms with van der Waals surface area (Å²) < 4.78 is 5.11. The van der Waals surface area contributed by atoms with Gasteiger partial charge in [0.1, 0.15) is 6.61 Å². The highest BCUT2D eigenvalue weighted by molar-refractivity contribution is 5.75. The normalized spacial score (nSPS) is 23.1. The molecule has 0 spiro atoms. The highest BCUT2D eigenvalue weighted by Gasteiger charge is 2.25. The molecule has 3 nitrogen and oxygen atoms in total. The zero-order chi connectivity index (χ0) is 9.19. The van der Waals surface area contributed by atoms with E-state index in [0.29, 0.717) is 12.6 Å². The second-order valence-corrected chi connectivity index (χ2v) is 4.29. The maximum absolute atomic E-state index is 11.3. The molecule has 0 aromatic heterocycles. The second-order valence-electron chi connectivity index (χ2n) is 4.29. The summed E-state index contributed by atoms with van der Waals surface area (Å²) in [6.07, 6.45) is 1.12. The Bertz CT molecular complexity index is 168. The van der Waals surface area contributed by atoms with Crippen molar-refractivity contribution in [3.8, 4) is 0 Å². The summed E-state index contributed by atoms with van der Waals surface area (Å²) in [4.78, 5) is 11.3. The fourth-order valence-electron chi connectivity index (χ4n) is 0.884. The fraction of sp³-hybridized carbons (Fsp3) is 0.889. The van der Waals surface area contributed by atoms with E-state index in [-0.39, 0.29) is 11.4 Å². The molecule has 0 aliphatic carbocycles. The average Bonchev–Trinajstić information content (AvgIpc) is 1.81. The van der Waals surface area contributed by atoms with Crippen LogP contribution in [0, 0.1) is 5.41 Å². The van der Waals surface area contributed by atoms with Gasteiger partial charge in [-0.3, -0.25) is 4.79 Å². The van der Waals surface area contributed by atoms with Gasteiger partial charge in [-0.25, -0.2) is 0 Å². The van der Waals surface area contributed by atoms with Gasteiger partial charge in [-0.05, 0) is 33.7 Å². The molecule has 1 aliphatic rings. The van der Waals surface area contributed by atoms with Crippen LogP contribution in [0.1, 0.15) is 27.2 Å². The molecule has 1 atom stereocenters. The van der Waals surface area contributed by atoms with Gasteiger partial charge < -0.3 is 10.1 Å². The number of rotatable bonds is 2. The maximum Gasteiger partial charge on any atom is 0.311 e. The van der Waals surface area contributed by atoms with Crippen LogP contribution in [0.25, 0.3) is 0 Å². The molecule has 0 bridgehead atoms. The molecule has 1 aliphatic heterocycles. The molecule has 1 rings (SSSR count). The fourth-order valence-corrected chi connectivity index (χ4v) is 0.884. The highest BCUT2D eigenvalue weighted by Crippen LogP contribution is 2.15. The molecule has 1 fully saturated rings. The van der Waals surface area contributed by atoms with Crippen molar-refractivity contribution in [2.24, 2.45) is 5.41 Å². The smallest absolute Gasteiger partial charge is 0.311 e. The van der Waals surface area contributed by atoms with Crippen molar-refractivity contribution >= 4 is 5.97 Å². The van der Waals surface area contributed by atoms with Gasteiger partial charge in [0.2, 0.25) is 0 Å².